The Morgan fingerprint density at radius 1 is 0.438 bits per heavy atom. The van der Waals surface area contributed by atoms with Crippen LogP contribution in [0.25, 0.3) is 0 Å². The van der Waals surface area contributed by atoms with Crippen LogP contribution in [-0.2, 0) is 41.8 Å². The number of hydrogen-bond acceptors (Lipinski definition) is 12. The van der Waals surface area contributed by atoms with Gasteiger partial charge in [-0.25, -0.2) is 0 Å². The van der Waals surface area contributed by atoms with Crippen LogP contribution in [0.2, 0.25) is 0 Å². The van der Waals surface area contributed by atoms with E-state index < -0.39 is 24.3 Å². The average Bonchev–Trinajstić information content (AvgIpc) is 0.988. The Hall–Kier alpha value is -5.32. The van der Waals surface area contributed by atoms with Crippen molar-refractivity contribution in [3.05, 3.63) is 108 Å². The summed E-state index contributed by atoms with van der Waals surface area (Å²) in [5.41, 5.74) is 2.94. The topological polar surface area (TPSA) is 163 Å². The first-order valence-electron chi connectivity index (χ1n) is 38.9. The molecule has 0 aromatic heterocycles. The van der Waals surface area contributed by atoms with Gasteiger partial charge in [0.05, 0.1) is 6.61 Å². The molecule has 0 spiro atoms. The van der Waals surface area contributed by atoms with E-state index in [0.29, 0.717) is 55.5 Å². The zero-order valence-corrected chi connectivity index (χ0v) is 59.3. The monoisotopic (exact) mass is 1320 g/mol. The number of piperidine rings is 4. The van der Waals surface area contributed by atoms with Crippen molar-refractivity contribution in [2.45, 2.75) is 306 Å². The van der Waals surface area contributed by atoms with Crippen LogP contribution in [0.3, 0.4) is 0 Å². The van der Waals surface area contributed by atoms with Crippen molar-refractivity contribution in [3.8, 4) is 0 Å². The molecule has 3 aromatic rings. The van der Waals surface area contributed by atoms with Gasteiger partial charge in [0.15, 0.2) is 0 Å². The van der Waals surface area contributed by atoms with Gasteiger partial charge in [-0.3, -0.25) is 38.6 Å². The summed E-state index contributed by atoms with van der Waals surface area (Å²) in [5.74, 6) is -2.27. The Kier molecular flexibility index (Phi) is 35.0. The Morgan fingerprint density at radius 3 is 1.21 bits per heavy atom. The van der Waals surface area contributed by atoms with Gasteiger partial charge in [-0.15, -0.1) is 0 Å². The number of nitrogens with one attached hydrogen (secondary N) is 1. The standard InChI is InChI=1S/C25H38N2O3.C23H32N2O4.C20H32N2.C13H23NO/c1-2-30-25(29)19-24(28)27(20-21-11-7-6-8-12-21)23-15-17-26(18-16-23)22-13-9-4-3-5-10-14-22;26-21(17-22(27)28)25(23(29)18-9-5-4-6-10-18)20-13-15-24(16-14-20)19-11-7-2-1-3-8-12-19;1-2-7-11-20(12-8-3-1)22-15-13-19(14-16-22)21-17-18-9-5-4-6-10-18;15-13-8-10-14(11-9-13)12-6-4-2-1-3-5-7-12/h6-8,11-12,22-23H,2-5,9-10,13-20H2,1H3;4-6,9-10,19-20H,1-3,7-8,11-17H2,(H,27,28);4-6,9-10,19-21H,1-3,7-8,11-17H2;12H,1-11H2. The van der Waals surface area contributed by atoms with Crippen molar-refractivity contribution < 1.29 is 38.6 Å². The number of aliphatic carboxylic acids is 1. The predicted molar refractivity (Wildman–Crippen MR) is 385 cm³/mol. The first kappa shape index (κ1) is 76.4. The molecule has 0 atom stereocenters. The first-order chi connectivity index (χ1) is 47.0. The van der Waals surface area contributed by atoms with Gasteiger partial charge in [-0.05, 0) is 133 Å². The minimum absolute atomic E-state index is 0.110. The SMILES string of the molecule is CCOC(=O)CC(=O)N(Cc1ccccc1)C1CCN(C2CCCCCCC2)CC1.O=C(O)CC(=O)N(C(=O)c1ccccc1)C1CCN(C2CCCCCCC2)CC1.O=C1CCN(C2CCCCCCC2)CC1.c1ccc(CNC2CCN(C3CCCCCCC3)CC2)cc1. The maximum atomic E-state index is 13.0. The second-order valence-corrected chi connectivity index (χ2v) is 29.3. The zero-order chi connectivity index (χ0) is 67.4. The van der Waals surface area contributed by atoms with Gasteiger partial charge in [0.2, 0.25) is 11.8 Å². The second kappa shape index (κ2) is 43.9. The predicted octanol–water partition coefficient (Wildman–Crippen LogP) is 15.4. The molecule has 4 saturated carbocycles. The molecule has 4 saturated heterocycles. The third-order valence-corrected chi connectivity index (χ3v) is 22.4. The lowest BCUT2D eigenvalue weighted by atomic mass is 9.93. The van der Waals surface area contributed by atoms with Crippen LogP contribution in [0.15, 0.2) is 91.0 Å². The lowest BCUT2D eigenvalue weighted by Gasteiger charge is -2.42. The molecule has 4 aliphatic heterocycles. The second-order valence-electron chi connectivity index (χ2n) is 29.3. The van der Waals surface area contributed by atoms with E-state index in [-0.39, 0.29) is 30.3 Å². The molecular formula is C81H125N7O8. The number of rotatable bonds is 17. The van der Waals surface area contributed by atoms with E-state index in [1.807, 2.05) is 41.3 Å². The number of carboxylic acid groups (broad SMARTS) is 1. The average molecular weight is 1320 g/mol. The molecule has 4 aliphatic carbocycles. The molecule has 11 rings (SSSR count). The number of benzene rings is 3. The van der Waals surface area contributed by atoms with Crippen LogP contribution >= 0.6 is 0 Å². The zero-order valence-electron chi connectivity index (χ0n) is 59.3. The van der Waals surface area contributed by atoms with Crippen LogP contribution in [0.4, 0.5) is 0 Å². The molecule has 8 aliphatic rings. The van der Waals surface area contributed by atoms with Crippen molar-refractivity contribution in [3.63, 3.8) is 0 Å². The van der Waals surface area contributed by atoms with E-state index in [0.717, 1.165) is 89.1 Å². The maximum absolute atomic E-state index is 13.0. The van der Waals surface area contributed by atoms with Crippen molar-refractivity contribution in [2.24, 2.45) is 0 Å². The Labute approximate surface area is 578 Å². The van der Waals surface area contributed by atoms with Crippen molar-refractivity contribution >= 4 is 35.4 Å². The number of nitrogens with zero attached hydrogens (tertiary/aromatic N) is 6. The lowest BCUT2D eigenvalue weighted by Crippen LogP contribution is -2.52. The fourth-order valence-corrected chi connectivity index (χ4v) is 16.8. The van der Waals surface area contributed by atoms with Gasteiger partial charge < -0.3 is 34.8 Å². The highest BCUT2D eigenvalue weighted by Crippen LogP contribution is 2.31. The molecule has 3 amide bonds. The molecule has 15 heteroatoms. The van der Waals surface area contributed by atoms with Crippen LogP contribution in [0.1, 0.15) is 272 Å². The van der Waals surface area contributed by atoms with Gasteiger partial charge in [0.25, 0.3) is 5.91 Å². The molecule has 8 fully saturated rings. The van der Waals surface area contributed by atoms with Gasteiger partial charge >= 0.3 is 11.9 Å². The number of imide groups is 1. The minimum atomic E-state index is -1.20. The molecule has 15 nitrogen and oxygen atoms in total. The highest BCUT2D eigenvalue weighted by atomic mass is 16.5. The smallest absolute Gasteiger partial charge is 0.315 e. The molecule has 0 radical (unpaired) electrons. The van der Waals surface area contributed by atoms with Gasteiger partial charge in [0.1, 0.15) is 18.6 Å². The Bertz CT molecular complexity index is 2640. The van der Waals surface area contributed by atoms with Crippen molar-refractivity contribution in [1.82, 2.24) is 34.7 Å². The normalized spacial score (nSPS) is 21.7. The number of ether oxygens (including phenoxy) is 1. The van der Waals surface area contributed by atoms with E-state index in [1.54, 1.807) is 31.2 Å². The van der Waals surface area contributed by atoms with E-state index >= 15 is 0 Å². The third kappa shape index (κ3) is 27.1. The maximum Gasteiger partial charge on any atom is 0.315 e. The molecule has 3 aromatic carbocycles. The fraction of sp³-hybridized carbons (Fsp3) is 0.704. The Balaban J connectivity index is 0.000000168. The summed E-state index contributed by atoms with van der Waals surface area (Å²) in [7, 11) is 0. The number of esters is 1. The molecular weight excluding hydrogens is 1200 g/mol. The van der Waals surface area contributed by atoms with Crippen molar-refractivity contribution in [1.29, 1.82) is 0 Å². The number of carbonyl (C=O) groups is 6. The number of amides is 3. The Morgan fingerprint density at radius 2 is 0.802 bits per heavy atom. The number of likely N-dealkylation sites (tertiary alicyclic amines) is 4. The van der Waals surface area contributed by atoms with Gasteiger partial charge in [0, 0.05) is 113 Å². The fourth-order valence-electron chi connectivity index (χ4n) is 16.8. The number of Topliss-reactive ketones (excluding diaryl/α,β-unsaturated/α-hetero) is 1. The van der Waals surface area contributed by atoms with Crippen LogP contribution in [-0.4, -0.2) is 171 Å². The minimum Gasteiger partial charge on any atom is -0.481 e. The molecule has 0 unspecified atom stereocenters. The number of hydrogen-bond donors (Lipinski definition) is 2. The highest BCUT2D eigenvalue weighted by Gasteiger charge is 2.37. The van der Waals surface area contributed by atoms with Gasteiger partial charge in [-0.2, -0.15) is 0 Å². The summed E-state index contributed by atoms with van der Waals surface area (Å²) in [6, 6.07) is 33.2. The number of ketones is 1. The van der Waals surface area contributed by atoms with E-state index in [1.165, 1.54) is 216 Å². The summed E-state index contributed by atoms with van der Waals surface area (Å²) in [6.07, 6.45) is 45.3. The summed E-state index contributed by atoms with van der Waals surface area (Å²) in [4.78, 5) is 86.6. The lowest BCUT2D eigenvalue weighted by molar-refractivity contribution is -0.150. The summed E-state index contributed by atoms with van der Waals surface area (Å²) < 4.78 is 5.02. The quantitative estimate of drug-likeness (QED) is 0.0970. The van der Waals surface area contributed by atoms with Crippen molar-refractivity contribution in [2.75, 3.05) is 59.0 Å². The van der Waals surface area contributed by atoms with Crippen LogP contribution in [0, 0.1) is 0 Å². The molecule has 2 N–H and O–H groups in total. The van der Waals surface area contributed by atoms with Crippen LogP contribution in [0.5, 0.6) is 0 Å². The van der Waals surface area contributed by atoms with Gasteiger partial charge in [-0.1, -0.05) is 207 Å². The summed E-state index contributed by atoms with van der Waals surface area (Å²) in [6.45, 7) is 12.1. The van der Waals surface area contributed by atoms with E-state index in [2.05, 4.69) is 55.2 Å². The van der Waals surface area contributed by atoms with E-state index in [4.69, 9.17) is 9.84 Å². The molecule has 532 valence electrons. The molecule has 96 heavy (non-hydrogen) atoms. The summed E-state index contributed by atoms with van der Waals surface area (Å²) in [5, 5.41) is 12.8. The molecule has 0 bridgehead atoms. The highest BCUT2D eigenvalue weighted by molar-refractivity contribution is 6.08. The van der Waals surface area contributed by atoms with E-state index in [9.17, 15) is 28.8 Å². The summed E-state index contributed by atoms with van der Waals surface area (Å²) >= 11 is 0. The molecule has 4 heterocycles. The third-order valence-electron chi connectivity index (χ3n) is 22.4. The van der Waals surface area contributed by atoms with Crippen LogP contribution < -0.4 is 5.32 Å². The largest absolute Gasteiger partial charge is 0.481 e. The number of carboxylic acids is 1. The number of carbonyl (C=O) groups excluding carboxylic acids is 5. The first-order valence-corrected chi connectivity index (χ1v) is 38.9.